The molecule has 2 heterocycles. The Morgan fingerprint density at radius 3 is 2.83 bits per heavy atom. The summed E-state index contributed by atoms with van der Waals surface area (Å²) in [6.07, 6.45) is 3.23. The van der Waals surface area contributed by atoms with Crippen molar-refractivity contribution in [2.24, 2.45) is 0 Å². The maximum Gasteiger partial charge on any atom is 0.238 e. The van der Waals surface area contributed by atoms with E-state index >= 15 is 0 Å². The topological polar surface area (TPSA) is 96.3 Å². The van der Waals surface area contributed by atoms with E-state index in [1.165, 1.54) is 6.92 Å². The third-order valence-electron chi connectivity index (χ3n) is 3.91. The molecule has 0 spiro atoms. The molecular weight excluding hydrogens is 330 g/mol. The standard InChI is InChI=1S/C15H27N5O3S/c1-4-6-19-7-5-8-20-14(11-19)9-13(17-20)10-16-15(21)12(2)18-24(3,22)23/h9,12,18H,4-8,10-11H2,1-3H3,(H,16,21)/t12-/m1/s1. The zero-order valence-electron chi connectivity index (χ0n) is 14.6. The molecule has 0 saturated carbocycles. The van der Waals surface area contributed by atoms with E-state index in [0.717, 1.165) is 56.7 Å². The number of nitrogens with zero attached hydrogens (tertiary/aromatic N) is 3. The molecule has 1 aromatic rings. The van der Waals surface area contributed by atoms with Gasteiger partial charge >= 0.3 is 0 Å². The van der Waals surface area contributed by atoms with Crippen LogP contribution in [0.5, 0.6) is 0 Å². The summed E-state index contributed by atoms with van der Waals surface area (Å²) in [5, 5.41) is 7.27. The number of sulfonamides is 1. The molecule has 9 heteroatoms. The van der Waals surface area contributed by atoms with E-state index in [1.54, 1.807) is 0 Å². The lowest BCUT2D eigenvalue weighted by Crippen LogP contribution is -2.44. The molecule has 24 heavy (non-hydrogen) atoms. The molecule has 0 bridgehead atoms. The Hall–Kier alpha value is -1.45. The first-order valence-electron chi connectivity index (χ1n) is 8.31. The SMILES string of the molecule is CCCN1CCCn2nc(CNC(=O)[C@@H](C)NS(C)(=O)=O)cc2C1. The fourth-order valence-electron chi connectivity index (χ4n) is 2.89. The van der Waals surface area contributed by atoms with Crippen molar-refractivity contribution < 1.29 is 13.2 Å². The van der Waals surface area contributed by atoms with Crippen LogP contribution in [0.3, 0.4) is 0 Å². The summed E-state index contributed by atoms with van der Waals surface area (Å²) in [4.78, 5) is 14.4. The van der Waals surface area contributed by atoms with Crippen LogP contribution in [0.15, 0.2) is 6.07 Å². The van der Waals surface area contributed by atoms with Gasteiger partial charge in [0.2, 0.25) is 15.9 Å². The van der Waals surface area contributed by atoms with E-state index in [4.69, 9.17) is 0 Å². The summed E-state index contributed by atoms with van der Waals surface area (Å²) >= 11 is 0. The van der Waals surface area contributed by atoms with Crippen molar-refractivity contribution >= 4 is 15.9 Å². The van der Waals surface area contributed by atoms with Crippen LogP contribution in [-0.4, -0.2) is 54.4 Å². The molecule has 0 aliphatic carbocycles. The molecule has 0 aromatic carbocycles. The minimum absolute atomic E-state index is 0.294. The van der Waals surface area contributed by atoms with E-state index in [2.05, 4.69) is 27.0 Å². The summed E-state index contributed by atoms with van der Waals surface area (Å²) < 4.78 is 26.6. The number of nitrogens with one attached hydrogen (secondary N) is 2. The van der Waals surface area contributed by atoms with Gasteiger partial charge in [-0.3, -0.25) is 14.4 Å². The minimum atomic E-state index is -3.41. The van der Waals surface area contributed by atoms with Crippen molar-refractivity contribution in [1.29, 1.82) is 0 Å². The highest BCUT2D eigenvalue weighted by Gasteiger charge is 2.19. The van der Waals surface area contributed by atoms with E-state index < -0.39 is 16.1 Å². The summed E-state index contributed by atoms with van der Waals surface area (Å²) in [5.74, 6) is -0.365. The number of carbonyl (C=O) groups excluding carboxylic acids is 1. The number of carbonyl (C=O) groups is 1. The predicted octanol–water partition coefficient (Wildman–Crippen LogP) is 0.0527. The molecule has 1 atom stereocenters. The summed E-state index contributed by atoms with van der Waals surface area (Å²) in [7, 11) is -3.41. The van der Waals surface area contributed by atoms with Gasteiger partial charge in [-0.1, -0.05) is 6.92 Å². The van der Waals surface area contributed by atoms with Gasteiger partial charge in [0, 0.05) is 19.6 Å². The molecule has 1 aliphatic rings. The molecule has 8 nitrogen and oxygen atoms in total. The smallest absolute Gasteiger partial charge is 0.238 e. The Bertz CT molecular complexity index is 671. The molecule has 1 amide bonds. The summed E-state index contributed by atoms with van der Waals surface area (Å²) in [6.45, 7) is 7.90. The average molecular weight is 357 g/mol. The van der Waals surface area contributed by atoms with Gasteiger partial charge in [-0.25, -0.2) is 13.1 Å². The number of amides is 1. The Kier molecular flexibility index (Phi) is 6.36. The monoisotopic (exact) mass is 357 g/mol. The van der Waals surface area contributed by atoms with Crippen LogP contribution in [0.2, 0.25) is 0 Å². The zero-order valence-corrected chi connectivity index (χ0v) is 15.4. The van der Waals surface area contributed by atoms with E-state index in [0.29, 0.717) is 6.54 Å². The fraction of sp³-hybridized carbons (Fsp3) is 0.733. The van der Waals surface area contributed by atoms with Gasteiger partial charge in [0.25, 0.3) is 0 Å². The molecule has 0 saturated heterocycles. The fourth-order valence-corrected chi connectivity index (χ4v) is 3.64. The maximum absolute atomic E-state index is 11.9. The third-order valence-corrected chi connectivity index (χ3v) is 4.69. The third kappa shape index (κ3) is 5.57. The summed E-state index contributed by atoms with van der Waals surface area (Å²) in [5.41, 5.74) is 1.95. The lowest BCUT2D eigenvalue weighted by atomic mass is 10.3. The van der Waals surface area contributed by atoms with Crippen molar-refractivity contribution in [3.8, 4) is 0 Å². The van der Waals surface area contributed by atoms with Gasteiger partial charge in [-0.2, -0.15) is 5.10 Å². The molecule has 0 radical (unpaired) electrons. The first-order valence-corrected chi connectivity index (χ1v) is 10.2. The number of aromatic nitrogens is 2. The molecule has 136 valence electrons. The van der Waals surface area contributed by atoms with Crippen molar-refractivity contribution in [3.63, 3.8) is 0 Å². The number of fused-ring (bicyclic) bond motifs is 1. The largest absolute Gasteiger partial charge is 0.349 e. The van der Waals surface area contributed by atoms with E-state index in [1.807, 2.05) is 10.7 Å². The van der Waals surface area contributed by atoms with E-state index in [9.17, 15) is 13.2 Å². The first kappa shape index (κ1) is 18.9. The Morgan fingerprint density at radius 2 is 2.17 bits per heavy atom. The normalized spacial score (nSPS) is 17.1. The number of hydrogen-bond acceptors (Lipinski definition) is 5. The molecular formula is C15H27N5O3S. The quantitative estimate of drug-likeness (QED) is 0.719. The highest BCUT2D eigenvalue weighted by atomic mass is 32.2. The Morgan fingerprint density at radius 1 is 1.42 bits per heavy atom. The van der Waals surface area contributed by atoms with Gasteiger partial charge in [0.15, 0.2) is 0 Å². The van der Waals surface area contributed by atoms with Crippen molar-refractivity contribution in [3.05, 3.63) is 17.5 Å². The molecule has 2 rings (SSSR count). The van der Waals surface area contributed by atoms with Crippen LogP contribution in [0.1, 0.15) is 38.1 Å². The highest BCUT2D eigenvalue weighted by molar-refractivity contribution is 7.88. The van der Waals surface area contributed by atoms with Crippen LogP contribution in [0.4, 0.5) is 0 Å². The van der Waals surface area contributed by atoms with Gasteiger partial charge < -0.3 is 5.32 Å². The van der Waals surface area contributed by atoms with Crippen LogP contribution >= 0.6 is 0 Å². The number of hydrogen-bond donors (Lipinski definition) is 2. The predicted molar refractivity (Wildman–Crippen MR) is 91.7 cm³/mol. The van der Waals surface area contributed by atoms with Gasteiger partial charge in [-0.15, -0.1) is 0 Å². The molecule has 1 aromatic heterocycles. The second-order valence-electron chi connectivity index (χ2n) is 6.31. The first-order chi connectivity index (χ1) is 11.3. The second kappa shape index (κ2) is 8.09. The Labute approximate surface area is 143 Å². The van der Waals surface area contributed by atoms with Crippen molar-refractivity contribution in [1.82, 2.24) is 24.7 Å². The second-order valence-corrected chi connectivity index (χ2v) is 8.09. The highest BCUT2D eigenvalue weighted by Crippen LogP contribution is 2.14. The summed E-state index contributed by atoms with van der Waals surface area (Å²) in [6, 6.07) is 1.21. The lowest BCUT2D eigenvalue weighted by molar-refractivity contribution is -0.122. The van der Waals surface area contributed by atoms with E-state index in [-0.39, 0.29) is 5.91 Å². The van der Waals surface area contributed by atoms with Gasteiger partial charge in [0.05, 0.1) is 30.2 Å². The van der Waals surface area contributed by atoms with Crippen molar-refractivity contribution in [2.75, 3.05) is 19.3 Å². The number of aryl methyl sites for hydroxylation is 1. The van der Waals surface area contributed by atoms with Crippen LogP contribution in [0.25, 0.3) is 0 Å². The number of rotatable bonds is 7. The van der Waals surface area contributed by atoms with Crippen LogP contribution in [-0.2, 0) is 34.5 Å². The molecule has 0 unspecified atom stereocenters. The lowest BCUT2D eigenvalue weighted by Gasteiger charge is -2.17. The minimum Gasteiger partial charge on any atom is -0.349 e. The maximum atomic E-state index is 11.9. The molecule has 0 fully saturated rings. The average Bonchev–Trinajstić information content (AvgIpc) is 2.75. The van der Waals surface area contributed by atoms with Gasteiger partial charge in [-0.05, 0) is 32.4 Å². The van der Waals surface area contributed by atoms with Gasteiger partial charge in [0.1, 0.15) is 0 Å². The zero-order chi connectivity index (χ0) is 17.7. The van der Waals surface area contributed by atoms with Crippen molar-refractivity contribution in [2.45, 2.75) is 52.4 Å². The molecule has 2 N–H and O–H groups in total. The van der Waals surface area contributed by atoms with Crippen LogP contribution < -0.4 is 10.0 Å². The Balaban J connectivity index is 1.93. The molecule has 1 aliphatic heterocycles. The van der Waals surface area contributed by atoms with Crippen LogP contribution in [0, 0.1) is 0 Å².